The van der Waals surface area contributed by atoms with Crippen molar-refractivity contribution in [2.24, 2.45) is 0 Å². The normalized spacial score (nSPS) is 10.1. The second-order valence-corrected chi connectivity index (χ2v) is 5.04. The van der Waals surface area contributed by atoms with Gasteiger partial charge in [0.2, 0.25) is 0 Å². The molecule has 0 atom stereocenters. The zero-order valence-electron chi connectivity index (χ0n) is 10.5. The lowest BCUT2D eigenvalue weighted by Gasteiger charge is -2.09. The minimum atomic E-state index is -1.15. The Bertz CT molecular complexity index is 822. The van der Waals surface area contributed by atoms with E-state index in [4.69, 9.17) is 33.6 Å². The van der Waals surface area contributed by atoms with Gasteiger partial charge in [-0.2, -0.15) is 5.26 Å². The van der Waals surface area contributed by atoms with Gasteiger partial charge < -0.3 is 9.67 Å². The molecule has 0 aliphatic heterocycles. The first-order valence-electron chi connectivity index (χ1n) is 5.74. The molecule has 2 aromatic rings. The molecule has 2 rings (SSSR count). The smallest absolute Gasteiger partial charge is 0.323 e. The number of halogens is 2. The van der Waals surface area contributed by atoms with Gasteiger partial charge in [0.15, 0.2) is 0 Å². The maximum atomic E-state index is 11.9. The van der Waals surface area contributed by atoms with Gasteiger partial charge in [-0.25, -0.2) is 0 Å². The third-order valence-electron chi connectivity index (χ3n) is 2.78. The Morgan fingerprint density at radius 1 is 1.29 bits per heavy atom. The molecule has 106 valence electrons. The van der Waals surface area contributed by atoms with E-state index in [9.17, 15) is 9.59 Å². The van der Waals surface area contributed by atoms with E-state index in [1.807, 2.05) is 6.07 Å². The average molecular weight is 323 g/mol. The number of benzene rings is 1. The number of nitrogens with zero attached hydrogens (tertiary/aromatic N) is 2. The Morgan fingerprint density at radius 3 is 2.62 bits per heavy atom. The third kappa shape index (κ3) is 3.24. The topological polar surface area (TPSA) is 83.1 Å². The Balaban J connectivity index is 2.64. The molecule has 0 bridgehead atoms. The zero-order chi connectivity index (χ0) is 15.6. The number of rotatable bonds is 3. The molecule has 0 fully saturated rings. The number of carboxylic acids is 1. The molecule has 0 radical (unpaired) electrons. The van der Waals surface area contributed by atoms with E-state index >= 15 is 0 Å². The summed E-state index contributed by atoms with van der Waals surface area (Å²) < 4.78 is 0.977. The number of pyridine rings is 1. The van der Waals surface area contributed by atoms with Crippen LogP contribution in [0.2, 0.25) is 10.0 Å². The minimum Gasteiger partial charge on any atom is -0.480 e. The molecule has 0 saturated heterocycles. The van der Waals surface area contributed by atoms with Gasteiger partial charge in [0, 0.05) is 28.4 Å². The van der Waals surface area contributed by atoms with Gasteiger partial charge in [-0.3, -0.25) is 9.59 Å². The van der Waals surface area contributed by atoms with Crippen molar-refractivity contribution in [3.8, 4) is 17.2 Å². The van der Waals surface area contributed by atoms with E-state index in [1.165, 1.54) is 24.4 Å². The van der Waals surface area contributed by atoms with E-state index in [-0.39, 0.29) is 5.02 Å². The molecule has 1 aromatic heterocycles. The molecule has 0 aliphatic rings. The summed E-state index contributed by atoms with van der Waals surface area (Å²) >= 11 is 12.0. The molecule has 0 saturated carbocycles. The SMILES string of the molecule is N#Cc1ccc(Cl)cc1-c1cc(=O)n(CC(=O)O)cc1Cl. The van der Waals surface area contributed by atoms with Crippen LogP contribution >= 0.6 is 23.2 Å². The van der Waals surface area contributed by atoms with Crippen LogP contribution in [0.4, 0.5) is 0 Å². The first-order valence-corrected chi connectivity index (χ1v) is 6.50. The Hall–Kier alpha value is -2.29. The predicted molar refractivity (Wildman–Crippen MR) is 78.5 cm³/mol. The van der Waals surface area contributed by atoms with Gasteiger partial charge in [-0.15, -0.1) is 0 Å². The summed E-state index contributed by atoms with van der Waals surface area (Å²) in [4.78, 5) is 22.6. The van der Waals surface area contributed by atoms with Crippen molar-refractivity contribution in [3.63, 3.8) is 0 Å². The quantitative estimate of drug-likeness (QED) is 0.941. The number of aliphatic carboxylic acids is 1. The highest BCUT2D eigenvalue weighted by atomic mass is 35.5. The van der Waals surface area contributed by atoms with Crippen LogP contribution in [-0.2, 0) is 11.3 Å². The van der Waals surface area contributed by atoms with E-state index < -0.39 is 18.1 Å². The van der Waals surface area contributed by atoms with Gasteiger partial charge in [0.05, 0.1) is 16.7 Å². The number of carbonyl (C=O) groups is 1. The van der Waals surface area contributed by atoms with Crippen molar-refractivity contribution in [1.82, 2.24) is 4.57 Å². The largest absolute Gasteiger partial charge is 0.480 e. The van der Waals surface area contributed by atoms with Crippen molar-refractivity contribution >= 4 is 29.2 Å². The van der Waals surface area contributed by atoms with Crippen molar-refractivity contribution in [2.75, 3.05) is 0 Å². The van der Waals surface area contributed by atoms with Crippen LogP contribution in [0.15, 0.2) is 35.3 Å². The molecule has 0 spiro atoms. The summed E-state index contributed by atoms with van der Waals surface area (Å²) in [6, 6.07) is 7.80. The van der Waals surface area contributed by atoms with E-state index in [0.717, 1.165) is 4.57 Å². The van der Waals surface area contributed by atoms with Crippen LogP contribution in [0.25, 0.3) is 11.1 Å². The maximum Gasteiger partial charge on any atom is 0.323 e. The fraction of sp³-hybridized carbons (Fsp3) is 0.0714. The van der Waals surface area contributed by atoms with Gasteiger partial charge in [-0.05, 0) is 18.2 Å². The molecule has 1 N–H and O–H groups in total. The highest BCUT2D eigenvalue weighted by Gasteiger charge is 2.13. The molecule has 1 aromatic carbocycles. The second kappa shape index (κ2) is 6.00. The standard InChI is InChI=1S/C14H8Cl2N2O3/c15-9-2-1-8(5-17)10(3-9)11-4-13(19)18(6-12(11)16)7-14(20)21/h1-4,6H,7H2,(H,20,21). The lowest BCUT2D eigenvalue weighted by atomic mass is 10.0. The molecule has 5 nitrogen and oxygen atoms in total. The summed E-state index contributed by atoms with van der Waals surface area (Å²) in [7, 11) is 0. The van der Waals surface area contributed by atoms with E-state index in [1.54, 1.807) is 6.07 Å². The van der Waals surface area contributed by atoms with Gasteiger partial charge in [-0.1, -0.05) is 23.2 Å². The van der Waals surface area contributed by atoms with Gasteiger partial charge >= 0.3 is 5.97 Å². The summed E-state index contributed by atoms with van der Waals surface area (Å²) in [5.41, 5.74) is 0.550. The highest BCUT2D eigenvalue weighted by molar-refractivity contribution is 6.33. The first kappa shape index (κ1) is 15.1. The number of nitriles is 1. The molecule has 21 heavy (non-hydrogen) atoms. The zero-order valence-corrected chi connectivity index (χ0v) is 12.0. The number of aromatic nitrogens is 1. The molecular weight excluding hydrogens is 315 g/mol. The summed E-state index contributed by atoms with van der Waals surface area (Å²) in [6.45, 7) is -0.487. The fourth-order valence-electron chi connectivity index (χ4n) is 1.86. The summed E-state index contributed by atoms with van der Waals surface area (Å²) in [5, 5.41) is 18.4. The van der Waals surface area contributed by atoms with E-state index in [0.29, 0.717) is 21.7 Å². The lowest BCUT2D eigenvalue weighted by molar-refractivity contribution is -0.137. The molecule has 0 aliphatic carbocycles. The molecule has 0 unspecified atom stereocenters. The van der Waals surface area contributed by atoms with Gasteiger partial charge in [0.1, 0.15) is 6.54 Å². The van der Waals surface area contributed by atoms with Crippen LogP contribution in [0.3, 0.4) is 0 Å². The van der Waals surface area contributed by atoms with Crippen LogP contribution in [0.1, 0.15) is 5.56 Å². The highest BCUT2D eigenvalue weighted by Crippen LogP contribution is 2.31. The Labute approximate surface area is 129 Å². The number of hydrogen-bond donors (Lipinski definition) is 1. The number of carboxylic acid groups (broad SMARTS) is 1. The molecule has 1 heterocycles. The van der Waals surface area contributed by atoms with Gasteiger partial charge in [0.25, 0.3) is 5.56 Å². The molecular formula is C14H8Cl2N2O3. The first-order chi connectivity index (χ1) is 9.92. The second-order valence-electron chi connectivity index (χ2n) is 4.20. The summed E-state index contributed by atoms with van der Waals surface area (Å²) in [6.07, 6.45) is 1.23. The molecule has 0 amide bonds. The summed E-state index contributed by atoms with van der Waals surface area (Å²) in [5.74, 6) is -1.15. The van der Waals surface area contributed by atoms with Crippen molar-refractivity contribution < 1.29 is 9.90 Å². The molecule has 7 heteroatoms. The average Bonchev–Trinajstić information content (AvgIpc) is 2.42. The maximum absolute atomic E-state index is 11.9. The number of hydrogen-bond acceptors (Lipinski definition) is 3. The Morgan fingerprint density at radius 2 is 2.00 bits per heavy atom. The third-order valence-corrected chi connectivity index (χ3v) is 3.31. The van der Waals surface area contributed by atoms with Crippen LogP contribution in [-0.4, -0.2) is 15.6 Å². The van der Waals surface area contributed by atoms with Crippen LogP contribution < -0.4 is 5.56 Å². The van der Waals surface area contributed by atoms with E-state index in [2.05, 4.69) is 0 Å². The lowest BCUT2D eigenvalue weighted by Crippen LogP contribution is -2.23. The van der Waals surface area contributed by atoms with Crippen LogP contribution in [0, 0.1) is 11.3 Å². The fourth-order valence-corrected chi connectivity index (χ4v) is 2.30. The van der Waals surface area contributed by atoms with Crippen molar-refractivity contribution in [1.29, 1.82) is 5.26 Å². The minimum absolute atomic E-state index is 0.162. The monoisotopic (exact) mass is 322 g/mol. The van der Waals surface area contributed by atoms with Crippen molar-refractivity contribution in [2.45, 2.75) is 6.54 Å². The van der Waals surface area contributed by atoms with Crippen molar-refractivity contribution in [3.05, 3.63) is 56.4 Å². The van der Waals surface area contributed by atoms with Crippen LogP contribution in [0.5, 0.6) is 0 Å². The predicted octanol–water partition coefficient (Wildman–Crippen LogP) is 2.78. The Kier molecular flexibility index (Phi) is 4.32.